The van der Waals surface area contributed by atoms with Crippen LogP contribution in [-0.2, 0) is 4.79 Å². The van der Waals surface area contributed by atoms with Crippen LogP contribution in [0, 0.1) is 11.8 Å². The standard InChI is InChI=1S/C18H25NO2/c1-13(2)17(20)16(14-9-5-3-6-10-14)19-18(21)15-11-7-4-8-12-15/h4,7-8,11-14,16H,3,5-6,9-10H2,1-2H3,(H,19,21)/t16-/m1/s1. The molecule has 3 nitrogen and oxygen atoms in total. The van der Waals surface area contributed by atoms with E-state index in [9.17, 15) is 9.59 Å². The molecule has 1 fully saturated rings. The molecule has 1 N–H and O–H groups in total. The van der Waals surface area contributed by atoms with Gasteiger partial charge in [0, 0.05) is 11.5 Å². The van der Waals surface area contributed by atoms with Crippen molar-refractivity contribution in [3.8, 4) is 0 Å². The predicted molar refractivity (Wildman–Crippen MR) is 84.1 cm³/mol. The fourth-order valence-corrected chi connectivity index (χ4v) is 3.06. The Balaban J connectivity index is 2.11. The minimum Gasteiger partial charge on any atom is -0.342 e. The summed E-state index contributed by atoms with van der Waals surface area (Å²) in [6, 6.07) is 8.80. The molecule has 1 aliphatic carbocycles. The second kappa shape index (κ2) is 7.39. The van der Waals surface area contributed by atoms with Gasteiger partial charge in [0.15, 0.2) is 5.78 Å². The number of hydrogen-bond acceptors (Lipinski definition) is 2. The van der Waals surface area contributed by atoms with Crippen LogP contribution in [-0.4, -0.2) is 17.7 Å². The largest absolute Gasteiger partial charge is 0.342 e. The van der Waals surface area contributed by atoms with E-state index in [-0.39, 0.29) is 23.7 Å². The van der Waals surface area contributed by atoms with E-state index in [4.69, 9.17) is 0 Å². The van der Waals surface area contributed by atoms with Gasteiger partial charge in [-0.25, -0.2) is 0 Å². The highest BCUT2D eigenvalue weighted by Crippen LogP contribution is 2.28. The Morgan fingerprint density at radius 2 is 1.67 bits per heavy atom. The van der Waals surface area contributed by atoms with Gasteiger partial charge in [0.25, 0.3) is 5.91 Å². The third kappa shape index (κ3) is 4.16. The highest BCUT2D eigenvalue weighted by molar-refractivity contribution is 5.98. The fourth-order valence-electron chi connectivity index (χ4n) is 3.06. The van der Waals surface area contributed by atoms with E-state index in [2.05, 4.69) is 5.32 Å². The number of carbonyl (C=O) groups is 2. The summed E-state index contributed by atoms with van der Waals surface area (Å²) in [4.78, 5) is 24.9. The molecule has 1 aliphatic rings. The monoisotopic (exact) mass is 287 g/mol. The van der Waals surface area contributed by atoms with Crippen LogP contribution in [0.4, 0.5) is 0 Å². The average molecular weight is 287 g/mol. The zero-order valence-electron chi connectivity index (χ0n) is 13.0. The normalized spacial score (nSPS) is 17.5. The summed E-state index contributed by atoms with van der Waals surface area (Å²) in [5, 5.41) is 3.00. The van der Waals surface area contributed by atoms with Crippen molar-refractivity contribution < 1.29 is 9.59 Å². The van der Waals surface area contributed by atoms with Crippen LogP contribution in [0.3, 0.4) is 0 Å². The summed E-state index contributed by atoms with van der Waals surface area (Å²) in [6.07, 6.45) is 5.64. The van der Waals surface area contributed by atoms with Crippen LogP contribution in [0.2, 0.25) is 0 Å². The predicted octanol–water partition coefficient (Wildman–Crippen LogP) is 3.59. The van der Waals surface area contributed by atoms with Crippen molar-refractivity contribution in [1.82, 2.24) is 5.32 Å². The molecule has 1 aromatic carbocycles. The van der Waals surface area contributed by atoms with E-state index >= 15 is 0 Å². The summed E-state index contributed by atoms with van der Waals surface area (Å²) in [5.41, 5.74) is 0.620. The lowest BCUT2D eigenvalue weighted by atomic mass is 9.80. The SMILES string of the molecule is CC(C)C(=O)[C@H](NC(=O)c1ccccc1)C1CCCCC1. The molecule has 1 aromatic rings. The van der Waals surface area contributed by atoms with Crippen molar-refractivity contribution in [3.05, 3.63) is 35.9 Å². The van der Waals surface area contributed by atoms with Crippen molar-refractivity contribution >= 4 is 11.7 Å². The number of rotatable bonds is 5. The zero-order chi connectivity index (χ0) is 15.2. The van der Waals surface area contributed by atoms with Crippen LogP contribution in [0.5, 0.6) is 0 Å². The van der Waals surface area contributed by atoms with Crippen LogP contribution >= 0.6 is 0 Å². The molecule has 0 heterocycles. The van der Waals surface area contributed by atoms with Gasteiger partial charge < -0.3 is 5.32 Å². The Labute approximate surface area is 127 Å². The third-order valence-corrected chi connectivity index (χ3v) is 4.32. The van der Waals surface area contributed by atoms with Crippen LogP contribution in [0.1, 0.15) is 56.3 Å². The smallest absolute Gasteiger partial charge is 0.251 e. The topological polar surface area (TPSA) is 46.2 Å². The van der Waals surface area contributed by atoms with Crippen molar-refractivity contribution in [3.63, 3.8) is 0 Å². The Morgan fingerprint density at radius 3 is 2.24 bits per heavy atom. The highest BCUT2D eigenvalue weighted by Gasteiger charge is 2.32. The Hall–Kier alpha value is -1.64. The van der Waals surface area contributed by atoms with Gasteiger partial charge in [-0.2, -0.15) is 0 Å². The molecular weight excluding hydrogens is 262 g/mol. The quantitative estimate of drug-likeness (QED) is 0.899. The van der Waals surface area contributed by atoms with Gasteiger partial charge in [0.2, 0.25) is 0 Å². The second-order valence-electron chi connectivity index (χ2n) is 6.27. The van der Waals surface area contributed by atoms with Crippen LogP contribution < -0.4 is 5.32 Å². The maximum atomic E-state index is 12.5. The number of hydrogen-bond donors (Lipinski definition) is 1. The number of amides is 1. The summed E-state index contributed by atoms with van der Waals surface area (Å²) in [7, 11) is 0. The molecule has 2 rings (SSSR count). The molecule has 1 saturated carbocycles. The van der Waals surface area contributed by atoms with Gasteiger partial charge in [-0.05, 0) is 30.9 Å². The van der Waals surface area contributed by atoms with Gasteiger partial charge in [-0.15, -0.1) is 0 Å². The number of ketones is 1. The average Bonchev–Trinajstić information content (AvgIpc) is 2.53. The first-order valence-electron chi connectivity index (χ1n) is 7.99. The maximum Gasteiger partial charge on any atom is 0.251 e. The summed E-state index contributed by atoms with van der Waals surface area (Å²) in [6.45, 7) is 3.82. The molecule has 0 spiro atoms. The van der Waals surface area contributed by atoms with Gasteiger partial charge in [0.1, 0.15) is 0 Å². The zero-order valence-corrected chi connectivity index (χ0v) is 13.0. The van der Waals surface area contributed by atoms with Crippen molar-refractivity contribution in [2.75, 3.05) is 0 Å². The number of benzene rings is 1. The molecule has 0 unspecified atom stereocenters. The Kier molecular flexibility index (Phi) is 5.54. The minimum absolute atomic E-state index is 0.0481. The van der Waals surface area contributed by atoms with Gasteiger partial charge in [-0.1, -0.05) is 51.3 Å². The summed E-state index contributed by atoms with van der Waals surface area (Å²) in [5.74, 6) is 0.265. The first-order valence-corrected chi connectivity index (χ1v) is 7.99. The van der Waals surface area contributed by atoms with E-state index in [1.54, 1.807) is 12.1 Å². The fraction of sp³-hybridized carbons (Fsp3) is 0.556. The third-order valence-electron chi connectivity index (χ3n) is 4.32. The van der Waals surface area contributed by atoms with Crippen LogP contribution in [0.15, 0.2) is 30.3 Å². The van der Waals surface area contributed by atoms with Gasteiger partial charge in [-0.3, -0.25) is 9.59 Å². The molecule has 0 bridgehead atoms. The number of Topliss-reactive ketones (excluding diaryl/α,β-unsaturated/α-hetero) is 1. The Bertz CT molecular complexity index is 475. The highest BCUT2D eigenvalue weighted by atomic mass is 16.2. The molecule has 0 aliphatic heterocycles. The van der Waals surface area contributed by atoms with E-state index in [1.165, 1.54) is 6.42 Å². The summed E-state index contributed by atoms with van der Waals surface area (Å²) >= 11 is 0. The lowest BCUT2D eigenvalue weighted by Crippen LogP contribution is -2.48. The van der Waals surface area contributed by atoms with E-state index in [0.717, 1.165) is 25.7 Å². The first kappa shape index (κ1) is 15.7. The second-order valence-corrected chi connectivity index (χ2v) is 6.27. The van der Waals surface area contributed by atoms with Crippen LogP contribution in [0.25, 0.3) is 0 Å². The molecular formula is C18H25NO2. The first-order chi connectivity index (χ1) is 10.1. The molecule has 3 heteroatoms. The number of carbonyl (C=O) groups excluding carboxylic acids is 2. The van der Waals surface area contributed by atoms with E-state index in [1.807, 2.05) is 32.0 Å². The Morgan fingerprint density at radius 1 is 1.05 bits per heavy atom. The van der Waals surface area contributed by atoms with Crippen molar-refractivity contribution in [2.45, 2.75) is 52.0 Å². The lowest BCUT2D eigenvalue weighted by Gasteiger charge is -2.31. The molecule has 1 amide bonds. The molecule has 0 aromatic heterocycles. The van der Waals surface area contributed by atoms with E-state index in [0.29, 0.717) is 11.5 Å². The maximum absolute atomic E-state index is 12.5. The summed E-state index contributed by atoms with van der Waals surface area (Å²) < 4.78 is 0. The van der Waals surface area contributed by atoms with E-state index < -0.39 is 0 Å². The molecule has 0 radical (unpaired) electrons. The minimum atomic E-state index is -0.335. The number of nitrogens with one attached hydrogen (secondary N) is 1. The van der Waals surface area contributed by atoms with Crippen molar-refractivity contribution in [2.24, 2.45) is 11.8 Å². The molecule has 114 valence electrons. The lowest BCUT2D eigenvalue weighted by molar-refractivity contribution is -0.125. The van der Waals surface area contributed by atoms with Gasteiger partial charge >= 0.3 is 0 Å². The molecule has 0 saturated heterocycles. The molecule has 21 heavy (non-hydrogen) atoms. The van der Waals surface area contributed by atoms with Crippen molar-refractivity contribution in [1.29, 1.82) is 0 Å². The molecule has 1 atom stereocenters. The van der Waals surface area contributed by atoms with Gasteiger partial charge in [0.05, 0.1) is 6.04 Å².